The van der Waals surface area contributed by atoms with Crippen LogP contribution >= 0.6 is 23.2 Å². The summed E-state index contributed by atoms with van der Waals surface area (Å²) in [5, 5.41) is 51.1. The smallest absolute Gasteiger partial charge is 0.862 e. The third-order valence-electron chi connectivity index (χ3n) is 12.3. The van der Waals surface area contributed by atoms with Gasteiger partial charge in [-0.05, 0) is 110 Å². The van der Waals surface area contributed by atoms with E-state index in [9.17, 15) is 62.1 Å². The van der Waals surface area contributed by atoms with E-state index in [-0.39, 0.29) is 291 Å². The molecule has 93 heavy (non-hydrogen) atoms. The van der Waals surface area contributed by atoms with Gasteiger partial charge < -0.3 is 50.1 Å². The average Bonchev–Trinajstić information content (AvgIpc) is 0.774. The van der Waals surface area contributed by atoms with Crippen molar-refractivity contribution in [3.05, 3.63) is 120 Å². The fourth-order valence-corrected chi connectivity index (χ4v) is 11.8. The third-order valence-corrected chi connectivity index (χ3v) is 16.2. The number of hydrogen-bond donors (Lipinski definition) is 6. The Kier molecular flexibility index (Phi) is 29.0. The Morgan fingerprint density at radius 3 is 1.16 bits per heavy atom. The van der Waals surface area contributed by atoms with Crippen LogP contribution in [0.1, 0.15) is 19.4 Å². The molecule has 2 heterocycles. The van der Waals surface area contributed by atoms with Gasteiger partial charge >= 0.3 is 206 Å². The number of benzene rings is 7. The Labute approximate surface area is 709 Å². The molecule has 9 aromatic rings. The molecule has 6 N–H and O–H groups in total. The number of aliphatic imine (C=N–C) groups is 2. The van der Waals surface area contributed by atoms with Gasteiger partial charge in [-0.25, -0.2) is 36.8 Å². The number of anilines is 8. The fraction of sp³-hybridized carbons (Fsp3) is 0.0980. The van der Waals surface area contributed by atoms with Crippen LogP contribution < -0.4 is 246 Å². The average molecular weight is 1490 g/mol. The molecule has 0 fully saturated rings. The minimum Gasteiger partial charge on any atom is -0.862 e. The van der Waals surface area contributed by atoms with Gasteiger partial charge in [0.2, 0.25) is 22.5 Å². The van der Waals surface area contributed by atoms with Crippen LogP contribution in [0.5, 0.6) is 11.5 Å². The first-order valence-corrected chi connectivity index (χ1v) is 31.0. The van der Waals surface area contributed by atoms with Crippen molar-refractivity contribution in [2.45, 2.75) is 40.4 Å². The predicted octanol–water partition coefficient (Wildman–Crippen LogP) is -3.06. The van der Waals surface area contributed by atoms with Crippen LogP contribution in [0, 0.1) is 6.92 Å². The first-order chi connectivity index (χ1) is 41.9. The van der Waals surface area contributed by atoms with Crippen molar-refractivity contribution in [3.63, 3.8) is 0 Å². The van der Waals surface area contributed by atoms with Gasteiger partial charge in [-0.15, -0.1) is 20.5 Å². The number of methoxy groups -OCH3 is 2. The van der Waals surface area contributed by atoms with Crippen molar-refractivity contribution >= 4 is 177 Å². The summed E-state index contributed by atoms with van der Waals surface area (Å²) in [6.07, 6.45) is 2.21. The van der Waals surface area contributed by atoms with Crippen LogP contribution in [-0.4, -0.2) is 108 Å². The van der Waals surface area contributed by atoms with Gasteiger partial charge in [-0.2, -0.15) is 26.8 Å². The first-order valence-electron chi connectivity index (χ1n) is 24.6. The van der Waals surface area contributed by atoms with Crippen molar-refractivity contribution in [1.29, 1.82) is 0 Å². The number of hydrogen-bond acceptors (Lipinski definition) is 30. The molecule has 0 saturated carbocycles. The molecule has 0 aliphatic rings. The second-order valence-corrected chi connectivity index (χ2v) is 24.3. The Morgan fingerprint density at radius 2 is 0.839 bits per heavy atom. The van der Waals surface area contributed by atoms with Gasteiger partial charge in [0.25, 0.3) is 20.2 Å². The third kappa shape index (κ3) is 19.6. The van der Waals surface area contributed by atoms with Crippen molar-refractivity contribution in [3.8, 4) is 11.5 Å². The Morgan fingerprint density at radius 1 is 0.484 bits per heavy atom. The maximum absolute atomic E-state index is 13.2. The van der Waals surface area contributed by atoms with Crippen molar-refractivity contribution in [2.24, 2.45) is 30.4 Å². The van der Waals surface area contributed by atoms with E-state index in [1.54, 1.807) is 0 Å². The number of nitrogens with zero attached hydrogens (tertiary/aromatic N) is 12. The molecule has 0 atom stereocenters. The van der Waals surface area contributed by atoms with Gasteiger partial charge in [0.1, 0.15) is 76.9 Å². The number of rotatable bonds is 20. The minimum absolute atomic E-state index is 0. The molecule has 32 nitrogen and oxygen atoms in total. The summed E-state index contributed by atoms with van der Waals surface area (Å²) in [7, 11) is -19.3. The normalized spacial score (nSPS) is 12.2. The maximum Gasteiger partial charge on any atom is 1.00 e. The SMILES string of the molecule is COc1cc(N=Nc2cc(S(=O)(=O)O)c3cccc(S(=O)(=O)[O-])c3c2Nc2cccc(Nc3c(N=Nc4cc(OC)c(Nc5ncnc(Cl)n5)cc4N=C(C)[O-])cc(S(=O)(=O)O)c4cccc(S(=O)(=O)[O-])c34)c2C)c(N=C(C)[O-])cc1Nc1ncnc(Cl)n1.[K+].[K+].[K+].[K+]. The van der Waals surface area contributed by atoms with E-state index in [0.717, 1.165) is 75.0 Å². The van der Waals surface area contributed by atoms with E-state index in [4.69, 9.17) is 32.7 Å². The zero-order valence-electron chi connectivity index (χ0n) is 49.7. The van der Waals surface area contributed by atoms with Gasteiger partial charge in [0.05, 0.1) is 58.1 Å². The molecule has 7 aromatic carbocycles. The largest absolute Gasteiger partial charge is 1.00 e. The second kappa shape index (κ2) is 33.6. The van der Waals surface area contributed by atoms with E-state index < -0.39 is 116 Å². The van der Waals surface area contributed by atoms with E-state index in [1.165, 1.54) is 63.6 Å². The zero-order chi connectivity index (χ0) is 64.5. The molecule has 460 valence electrons. The molecule has 0 spiro atoms. The molecule has 0 aliphatic carbocycles. The van der Waals surface area contributed by atoms with Gasteiger partial charge in [-0.3, -0.25) is 19.1 Å². The summed E-state index contributed by atoms with van der Waals surface area (Å²) < 4.78 is 164. The molecule has 0 aliphatic heterocycles. The van der Waals surface area contributed by atoms with E-state index >= 15 is 0 Å². The maximum atomic E-state index is 13.2. The molecular weight excluding hydrogens is 1450 g/mol. The summed E-state index contributed by atoms with van der Waals surface area (Å²) in [4.78, 5) is 27.4. The summed E-state index contributed by atoms with van der Waals surface area (Å²) in [6.45, 7) is 3.64. The number of azo groups is 2. The van der Waals surface area contributed by atoms with Crippen LogP contribution in [0.15, 0.2) is 154 Å². The Balaban J connectivity index is 0.00000392. The molecule has 9 rings (SSSR count). The summed E-state index contributed by atoms with van der Waals surface area (Å²) >= 11 is 11.9. The second-order valence-electron chi connectivity index (χ2n) is 18.1. The van der Waals surface area contributed by atoms with Crippen molar-refractivity contribution in [1.82, 2.24) is 29.9 Å². The molecule has 42 heteroatoms. The minimum atomic E-state index is -5.57. The van der Waals surface area contributed by atoms with Crippen LogP contribution in [0.3, 0.4) is 0 Å². The summed E-state index contributed by atoms with van der Waals surface area (Å²) in [5.41, 5.74) is -2.84. The number of fused-ring (bicyclic) bond motifs is 2. The standard InChI is InChI=1S/C51H42Cl2N16O16S4.4K/c1-23-28(60-46-36(19-42(88(78,79)80)26-9-6-13-40(44(26)46)86(72,73)74)68-66-32-17-38(84-4)34(15-30(32)58-24(2)70)62-50-56-21-54-48(52)64-50)11-8-12-29(23)61-47-37(20-43(89(81,82)83)27-10-7-14-41(45(27)47)87(75,76)77)69-67-33-18-39(85-5)35(16-31(33)59-25(3)71)63-51-57-22-55-49(53)65-51;;;;/h6-22,60-61H,1-5H3,(H,58,70)(H,59,71)(H,72,73,74)(H,75,76,77)(H,78,79,80)(H,81,82,83)(H,54,56,62,64)(H,55,57,63,65);;;;/q;4*+1/p-4. The molecule has 0 amide bonds. The van der Waals surface area contributed by atoms with Crippen LogP contribution in [0.2, 0.25) is 10.6 Å². The Hall–Kier alpha value is -3.21. The van der Waals surface area contributed by atoms with E-state index in [0.29, 0.717) is 0 Å². The van der Waals surface area contributed by atoms with Crippen LogP contribution in [0.25, 0.3) is 21.5 Å². The molecule has 0 unspecified atom stereocenters. The molecule has 0 radical (unpaired) electrons. The topological polar surface area (TPSA) is 487 Å². The first kappa shape index (κ1) is 80.5. The number of aromatic nitrogens is 6. The van der Waals surface area contributed by atoms with Crippen LogP contribution in [0.4, 0.5) is 80.1 Å². The molecule has 0 saturated heterocycles. The van der Waals surface area contributed by atoms with Gasteiger partial charge in [-0.1, -0.05) is 30.3 Å². The number of halogens is 2. The molecular formula is C51H38Cl2K4N16O16S4. The van der Waals surface area contributed by atoms with E-state index in [2.05, 4.69) is 81.6 Å². The zero-order valence-corrected chi connectivity index (χ0v) is 67.0. The molecule has 2 aromatic heterocycles. The van der Waals surface area contributed by atoms with Crippen molar-refractivity contribution in [2.75, 3.05) is 35.5 Å². The monoisotopic (exact) mass is 1480 g/mol. The van der Waals surface area contributed by atoms with E-state index in [1.807, 2.05) is 0 Å². The van der Waals surface area contributed by atoms with Gasteiger partial charge in [0.15, 0.2) is 0 Å². The van der Waals surface area contributed by atoms with Crippen LogP contribution in [-0.2, 0) is 40.5 Å². The summed E-state index contributed by atoms with van der Waals surface area (Å²) in [5.74, 6) is -1.64. The number of nitrogens with one attached hydrogen (secondary N) is 4. The molecule has 0 bridgehead atoms. The predicted molar refractivity (Wildman–Crippen MR) is 317 cm³/mol. The summed E-state index contributed by atoms with van der Waals surface area (Å²) in [6, 6.07) is 16.6. The van der Waals surface area contributed by atoms with Gasteiger partial charge in [0, 0.05) is 45.1 Å². The Bertz CT molecular complexity index is 4720. The fourth-order valence-electron chi connectivity index (χ4n) is 8.68. The number of ether oxygens (including phenoxy) is 2. The quantitative estimate of drug-likeness (QED) is 0.0145. The van der Waals surface area contributed by atoms with Crippen molar-refractivity contribution < 1.29 is 277 Å².